The number of halogens is 1. The highest BCUT2D eigenvalue weighted by Crippen LogP contribution is 2.39. The van der Waals surface area contributed by atoms with Gasteiger partial charge in [-0.25, -0.2) is 9.18 Å². The number of hydrogen-bond acceptors (Lipinski definition) is 6. The summed E-state index contributed by atoms with van der Waals surface area (Å²) < 4.78 is 30.7. The molecule has 0 bridgehead atoms. The summed E-state index contributed by atoms with van der Waals surface area (Å²) in [5, 5.41) is 19.6. The number of phenolic OH excluding ortho intramolecular Hbond substituents is 2. The SMILES string of the molecule is COc1ccc(C[C@H]2COC(=O)[C@@]2(F)Cc2ccc(O)c(OC)c2)cc1O. The maximum atomic E-state index is 15.7. The lowest BCUT2D eigenvalue weighted by atomic mass is 9.82. The van der Waals surface area contributed by atoms with E-state index in [0.29, 0.717) is 16.9 Å². The lowest BCUT2D eigenvalue weighted by molar-refractivity contribution is -0.148. The van der Waals surface area contributed by atoms with Crippen molar-refractivity contribution in [2.75, 3.05) is 20.8 Å². The van der Waals surface area contributed by atoms with E-state index in [4.69, 9.17) is 14.2 Å². The maximum Gasteiger partial charge on any atom is 0.344 e. The van der Waals surface area contributed by atoms with E-state index in [1.54, 1.807) is 18.2 Å². The van der Waals surface area contributed by atoms with Gasteiger partial charge in [-0.1, -0.05) is 12.1 Å². The molecule has 2 aromatic carbocycles. The minimum atomic E-state index is -2.21. The summed E-state index contributed by atoms with van der Waals surface area (Å²) in [5.41, 5.74) is -1.03. The van der Waals surface area contributed by atoms with Crippen molar-refractivity contribution in [1.82, 2.24) is 0 Å². The molecule has 3 rings (SSSR count). The molecule has 1 heterocycles. The molecule has 2 atom stereocenters. The number of hydrogen-bond donors (Lipinski definition) is 2. The van der Waals surface area contributed by atoms with E-state index in [-0.39, 0.29) is 36.7 Å². The Bertz CT molecular complexity index is 852. The summed E-state index contributed by atoms with van der Waals surface area (Å²) in [6, 6.07) is 9.23. The number of esters is 1. The fraction of sp³-hybridized carbons (Fsp3) is 0.350. The zero-order chi connectivity index (χ0) is 19.6. The van der Waals surface area contributed by atoms with Crippen LogP contribution in [0.15, 0.2) is 36.4 Å². The fourth-order valence-electron chi connectivity index (χ4n) is 3.31. The van der Waals surface area contributed by atoms with Crippen molar-refractivity contribution < 1.29 is 33.6 Å². The third-order valence-corrected chi connectivity index (χ3v) is 4.83. The number of aromatic hydroxyl groups is 2. The molecule has 0 aliphatic carbocycles. The molecule has 1 saturated heterocycles. The van der Waals surface area contributed by atoms with Crippen LogP contribution in [0.25, 0.3) is 0 Å². The van der Waals surface area contributed by atoms with E-state index in [9.17, 15) is 15.0 Å². The third-order valence-electron chi connectivity index (χ3n) is 4.83. The van der Waals surface area contributed by atoms with E-state index < -0.39 is 17.6 Å². The van der Waals surface area contributed by atoms with Crippen molar-refractivity contribution in [2.45, 2.75) is 18.5 Å². The van der Waals surface area contributed by atoms with Gasteiger partial charge in [0.1, 0.15) is 0 Å². The third kappa shape index (κ3) is 3.63. The average Bonchev–Trinajstić information content (AvgIpc) is 2.91. The van der Waals surface area contributed by atoms with Gasteiger partial charge < -0.3 is 24.4 Å². The highest BCUT2D eigenvalue weighted by molar-refractivity contribution is 5.82. The number of carbonyl (C=O) groups excluding carboxylic acids is 1. The average molecular weight is 376 g/mol. The second-order valence-corrected chi connectivity index (χ2v) is 6.55. The quantitative estimate of drug-likeness (QED) is 0.754. The van der Waals surface area contributed by atoms with E-state index >= 15 is 4.39 Å². The number of carbonyl (C=O) groups is 1. The normalized spacial score (nSPS) is 21.7. The molecule has 144 valence electrons. The first-order valence-electron chi connectivity index (χ1n) is 8.45. The van der Waals surface area contributed by atoms with Crippen LogP contribution in [0.1, 0.15) is 11.1 Å². The Morgan fingerprint density at radius 2 is 1.78 bits per heavy atom. The molecule has 2 aromatic rings. The van der Waals surface area contributed by atoms with Crippen molar-refractivity contribution in [1.29, 1.82) is 0 Å². The maximum absolute atomic E-state index is 15.7. The Kier molecular flexibility index (Phi) is 5.12. The largest absolute Gasteiger partial charge is 0.504 e. The first-order valence-corrected chi connectivity index (χ1v) is 8.45. The Labute approximate surface area is 156 Å². The lowest BCUT2D eigenvalue weighted by Gasteiger charge is -2.23. The van der Waals surface area contributed by atoms with Crippen LogP contribution in [0.3, 0.4) is 0 Å². The van der Waals surface area contributed by atoms with Crippen LogP contribution in [0, 0.1) is 5.92 Å². The number of methoxy groups -OCH3 is 2. The fourth-order valence-corrected chi connectivity index (χ4v) is 3.31. The molecule has 1 aliphatic rings. The molecular weight excluding hydrogens is 355 g/mol. The summed E-state index contributed by atoms with van der Waals surface area (Å²) >= 11 is 0. The number of rotatable bonds is 6. The molecule has 1 aliphatic heterocycles. The Hall–Kier alpha value is -2.96. The lowest BCUT2D eigenvalue weighted by Crippen LogP contribution is -2.39. The van der Waals surface area contributed by atoms with E-state index in [1.165, 1.54) is 32.4 Å². The minimum Gasteiger partial charge on any atom is -0.504 e. The number of alkyl halides is 1. The second kappa shape index (κ2) is 7.34. The minimum absolute atomic E-state index is 0.0443. The Morgan fingerprint density at radius 1 is 1.07 bits per heavy atom. The predicted octanol–water partition coefficient (Wildman–Crippen LogP) is 2.78. The van der Waals surface area contributed by atoms with Crippen LogP contribution in [0.2, 0.25) is 0 Å². The molecule has 0 saturated carbocycles. The van der Waals surface area contributed by atoms with Gasteiger partial charge in [-0.2, -0.15) is 0 Å². The van der Waals surface area contributed by atoms with E-state index in [2.05, 4.69) is 0 Å². The van der Waals surface area contributed by atoms with Gasteiger partial charge >= 0.3 is 5.97 Å². The number of ether oxygens (including phenoxy) is 3. The first kappa shape index (κ1) is 18.8. The van der Waals surface area contributed by atoms with E-state index in [0.717, 1.165) is 0 Å². The molecule has 0 spiro atoms. The molecule has 0 amide bonds. The summed E-state index contributed by atoms with van der Waals surface area (Å²) in [7, 11) is 2.84. The first-order chi connectivity index (χ1) is 12.9. The summed E-state index contributed by atoms with van der Waals surface area (Å²) in [6.07, 6.45) is 0.0181. The van der Waals surface area contributed by atoms with Gasteiger partial charge in [0.2, 0.25) is 5.67 Å². The van der Waals surface area contributed by atoms with Gasteiger partial charge in [-0.15, -0.1) is 0 Å². The second-order valence-electron chi connectivity index (χ2n) is 6.55. The zero-order valence-corrected chi connectivity index (χ0v) is 15.1. The van der Waals surface area contributed by atoms with Crippen molar-refractivity contribution >= 4 is 5.97 Å². The molecule has 1 fully saturated rings. The summed E-state index contributed by atoms with van der Waals surface area (Å²) in [5.74, 6) is -1.20. The molecule has 6 nitrogen and oxygen atoms in total. The van der Waals surface area contributed by atoms with Crippen LogP contribution in [0.4, 0.5) is 4.39 Å². The van der Waals surface area contributed by atoms with Crippen molar-refractivity contribution in [3.63, 3.8) is 0 Å². The van der Waals surface area contributed by atoms with Crippen molar-refractivity contribution in [2.24, 2.45) is 5.92 Å². The standard InChI is InChI=1S/C20H21FO6/c1-25-17-6-4-12(8-16(17)23)7-14-11-27-19(24)20(14,21)10-13-3-5-15(22)18(9-13)26-2/h3-6,8-9,14,22-23H,7,10-11H2,1-2H3/t14-,20+/m0/s1. The van der Waals surface area contributed by atoms with Crippen molar-refractivity contribution in [3.05, 3.63) is 47.5 Å². The molecule has 27 heavy (non-hydrogen) atoms. The van der Waals surface area contributed by atoms with Gasteiger partial charge in [-0.05, 0) is 41.8 Å². The van der Waals surface area contributed by atoms with Crippen molar-refractivity contribution in [3.8, 4) is 23.0 Å². The van der Waals surface area contributed by atoms with Crippen LogP contribution in [-0.4, -0.2) is 42.7 Å². The van der Waals surface area contributed by atoms with Gasteiger partial charge in [0.05, 0.1) is 20.8 Å². The molecule has 0 radical (unpaired) electrons. The van der Waals surface area contributed by atoms with Crippen LogP contribution in [0.5, 0.6) is 23.0 Å². The Balaban J connectivity index is 1.83. The van der Waals surface area contributed by atoms with Crippen LogP contribution < -0.4 is 9.47 Å². The summed E-state index contributed by atoms with van der Waals surface area (Å²) in [6.45, 7) is -0.0443. The van der Waals surface area contributed by atoms with E-state index in [1.807, 2.05) is 0 Å². The smallest absolute Gasteiger partial charge is 0.344 e. The number of phenols is 2. The number of cyclic esters (lactones) is 1. The van der Waals surface area contributed by atoms with Gasteiger partial charge in [0, 0.05) is 12.3 Å². The molecular formula is C20H21FO6. The van der Waals surface area contributed by atoms with Gasteiger partial charge in [-0.3, -0.25) is 0 Å². The molecule has 0 unspecified atom stereocenters. The number of benzene rings is 2. The molecule has 0 aromatic heterocycles. The van der Waals surface area contributed by atoms with Crippen LogP contribution >= 0.6 is 0 Å². The monoisotopic (exact) mass is 376 g/mol. The highest BCUT2D eigenvalue weighted by atomic mass is 19.1. The summed E-state index contributed by atoms with van der Waals surface area (Å²) in [4.78, 5) is 12.1. The predicted molar refractivity (Wildman–Crippen MR) is 95.0 cm³/mol. The van der Waals surface area contributed by atoms with Gasteiger partial charge in [0.15, 0.2) is 23.0 Å². The Morgan fingerprint density at radius 3 is 2.44 bits per heavy atom. The van der Waals surface area contributed by atoms with Crippen LogP contribution in [-0.2, 0) is 22.4 Å². The zero-order valence-electron chi connectivity index (χ0n) is 15.1. The molecule has 2 N–H and O–H groups in total. The topological polar surface area (TPSA) is 85.2 Å². The highest BCUT2D eigenvalue weighted by Gasteiger charge is 2.53. The van der Waals surface area contributed by atoms with Gasteiger partial charge in [0.25, 0.3) is 0 Å². The molecule has 7 heteroatoms.